The number of ether oxygens (including phenoxy) is 2. The van der Waals surface area contributed by atoms with Gasteiger partial charge < -0.3 is 25.2 Å². The van der Waals surface area contributed by atoms with Crippen LogP contribution in [0.15, 0.2) is 66.7 Å². The van der Waals surface area contributed by atoms with Gasteiger partial charge in [-0.05, 0) is 37.0 Å². The number of para-hydroxylation sites is 1. The Morgan fingerprint density at radius 2 is 1.69 bits per heavy atom. The van der Waals surface area contributed by atoms with Crippen molar-refractivity contribution in [3.8, 4) is 11.6 Å². The number of hydrogen-bond acceptors (Lipinski definition) is 9. The zero-order chi connectivity index (χ0) is 36.7. The summed E-state index contributed by atoms with van der Waals surface area (Å²) in [6.07, 6.45) is -6.65. The third-order valence-corrected chi connectivity index (χ3v) is 8.08. The maximum atomic E-state index is 13.7. The second-order valence-electron chi connectivity index (χ2n) is 11.7. The Hall–Kier alpha value is -5.94. The van der Waals surface area contributed by atoms with Gasteiger partial charge in [0.25, 0.3) is 5.91 Å². The van der Waals surface area contributed by atoms with Crippen molar-refractivity contribution < 1.29 is 56.5 Å². The molecule has 4 amide bonds. The number of alkyl halides is 3. The van der Waals surface area contributed by atoms with E-state index >= 15 is 0 Å². The van der Waals surface area contributed by atoms with Gasteiger partial charge in [0.1, 0.15) is 24.7 Å². The van der Waals surface area contributed by atoms with Crippen molar-refractivity contribution in [2.75, 3.05) is 13.2 Å². The summed E-state index contributed by atoms with van der Waals surface area (Å²) in [5.74, 6) is -5.24. The topological polar surface area (TPSA) is 189 Å². The standard InChI is InChI=1S/C33H33F3N6O9/c34-33(35,36)26-17-28(41(39-26)21-10-5-2-6-11-21)50-19-25(43)23(16-29(45)46)37-30(47)24-12-7-15-40-27(44)14-13-22(31(48)42(24)40)38-32(49)51-18-20-8-3-1-4-9-20/h1-6,8-11,17,22-24H,7,12-16,18-19H2,(H,37,47)(H,38,49)(H,45,46). The lowest BCUT2D eigenvalue weighted by Gasteiger charge is -2.43. The number of Topliss-reactive ketones (excluding diaryl/α,β-unsaturated/α-hetero) is 1. The molecule has 51 heavy (non-hydrogen) atoms. The normalized spacial score (nSPS) is 18.3. The summed E-state index contributed by atoms with van der Waals surface area (Å²) in [4.78, 5) is 78.0. The minimum atomic E-state index is -4.85. The van der Waals surface area contributed by atoms with E-state index in [1.165, 1.54) is 12.1 Å². The fraction of sp³-hybridized carbons (Fsp3) is 0.364. The maximum Gasteiger partial charge on any atom is 0.435 e. The van der Waals surface area contributed by atoms with Crippen molar-refractivity contribution in [3.63, 3.8) is 0 Å². The lowest BCUT2D eigenvalue weighted by atomic mass is 10.0. The van der Waals surface area contributed by atoms with Crippen LogP contribution in [0.1, 0.15) is 43.4 Å². The number of carboxylic acid groups (broad SMARTS) is 1. The summed E-state index contributed by atoms with van der Waals surface area (Å²) >= 11 is 0. The van der Waals surface area contributed by atoms with Gasteiger partial charge >= 0.3 is 18.2 Å². The molecular weight excluding hydrogens is 681 g/mol. The Morgan fingerprint density at radius 3 is 2.35 bits per heavy atom. The first-order valence-electron chi connectivity index (χ1n) is 15.8. The van der Waals surface area contributed by atoms with E-state index in [4.69, 9.17) is 9.47 Å². The van der Waals surface area contributed by atoms with Gasteiger partial charge in [0.2, 0.25) is 17.7 Å². The second kappa shape index (κ2) is 15.7. The van der Waals surface area contributed by atoms with Gasteiger partial charge in [0.05, 0.1) is 12.1 Å². The molecule has 2 aromatic carbocycles. The van der Waals surface area contributed by atoms with E-state index < -0.39 is 84.5 Å². The van der Waals surface area contributed by atoms with E-state index in [1.807, 2.05) is 0 Å². The van der Waals surface area contributed by atoms with Crippen LogP contribution in [0.5, 0.6) is 5.88 Å². The molecule has 2 aliphatic rings. The number of fused-ring (bicyclic) bond motifs is 1. The highest BCUT2D eigenvalue weighted by Gasteiger charge is 2.45. The predicted octanol–water partition coefficient (Wildman–Crippen LogP) is 2.62. The fourth-order valence-electron chi connectivity index (χ4n) is 5.61. The molecule has 0 radical (unpaired) electrons. The molecule has 0 aliphatic carbocycles. The number of ketones is 1. The summed E-state index contributed by atoms with van der Waals surface area (Å²) in [7, 11) is 0. The second-order valence-corrected chi connectivity index (χ2v) is 11.7. The number of hydrogen-bond donors (Lipinski definition) is 3. The highest BCUT2D eigenvalue weighted by molar-refractivity contribution is 5.97. The third kappa shape index (κ3) is 9.00. The molecular formula is C33H33F3N6O9. The lowest BCUT2D eigenvalue weighted by Crippen LogP contribution is -2.64. The molecule has 18 heteroatoms. The number of carbonyl (C=O) groups is 6. The lowest BCUT2D eigenvalue weighted by molar-refractivity contribution is -0.176. The van der Waals surface area contributed by atoms with Crippen molar-refractivity contribution in [2.24, 2.45) is 0 Å². The van der Waals surface area contributed by atoms with Crippen LogP contribution in [0.4, 0.5) is 18.0 Å². The molecule has 0 bridgehead atoms. The Labute approximate surface area is 288 Å². The summed E-state index contributed by atoms with van der Waals surface area (Å²) in [5, 5.41) is 19.8. The van der Waals surface area contributed by atoms with Crippen LogP contribution in [0, 0.1) is 0 Å². The summed E-state index contributed by atoms with van der Waals surface area (Å²) < 4.78 is 51.9. The molecule has 3 unspecified atom stereocenters. The van der Waals surface area contributed by atoms with Crippen LogP contribution in [-0.2, 0) is 41.5 Å². The summed E-state index contributed by atoms with van der Waals surface area (Å²) in [5.41, 5.74) is -0.431. The maximum absolute atomic E-state index is 13.7. The number of carbonyl (C=O) groups excluding carboxylic acids is 5. The van der Waals surface area contributed by atoms with Crippen molar-refractivity contribution in [3.05, 3.63) is 78.0 Å². The van der Waals surface area contributed by atoms with Crippen molar-refractivity contribution in [1.29, 1.82) is 0 Å². The quantitative estimate of drug-likeness (QED) is 0.252. The van der Waals surface area contributed by atoms with E-state index in [0.29, 0.717) is 11.6 Å². The monoisotopic (exact) mass is 714 g/mol. The van der Waals surface area contributed by atoms with Gasteiger partial charge in [-0.1, -0.05) is 48.5 Å². The minimum Gasteiger partial charge on any atom is -0.481 e. The van der Waals surface area contributed by atoms with Gasteiger partial charge in [-0.15, -0.1) is 0 Å². The number of amides is 4. The van der Waals surface area contributed by atoms with Crippen molar-refractivity contribution >= 4 is 35.6 Å². The predicted molar refractivity (Wildman–Crippen MR) is 168 cm³/mol. The molecule has 3 atom stereocenters. The molecule has 270 valence electrons. The van der Waals surface area contributed by atoms with E-state index in [2.05, 4.69) is 15.7 Å². The molecule has 2 aliphatic heterocycles. The fourth-order valence-corrected chi connectivity index (χ4v) is 5.61. The van der Waals surface area contributed by atoms with E-state index in [0.717, 1.165) is 14.7 Å². The highest BCUT2D eigenvalue weighted by Crippen LogP contribution is 2.32. The zero-order valence-corrected chi connectivity index (χ0v) is 26.9. The Bertz CT molecular complexity index is 1770. The number of rotatable bonds is 12. The Balaban J connectivity index is 1.29. The molecule has 3 aromatic rings. The van der Waals surface area contributed by atoms with Gasteiger partial charge in [0.15, 0.2) is 18.1 Å². The molecule has 1 aromatic heterocycles. The SMILES string of the molecule is O=C(O)CC(NC(=O)C1CCCN2C(=O)CCC(NC(=O)OCc3ccccc3)C(=O)N12)C(=O)COc1cc(C(F)(F)F)nn1-c1ccccc1. The van der Waals surface area contributed by atoms with Gasteiger partial charge in [-0.25, -0.2) is 14.5 Å². The van der Waals surface area contributed by atoms with Gasteiger partial charge in [-0.2, -0.15) is 18.3 Å². The molecule has 0 spiro atoms. The smallest absolute Gasteiger partial charge is 0.435 e. The average molecular weight is 715 g/mol. The number of alkyl carbamates (subject to hydrolysis) is 1. The molecule has 3 N–H and O–H groups in total. The zero-order valence-electron chi connectivity index (χ0n) is 26.9. The number of aromatic nitrogens is 2. The van der Waals surface area contributed by atoms with Crippen LogP contribution in [0.25, 0.3) is 5.69 Å². The van der Waals surface area contributed by atoms with Crippen LogP contribution < -0.4 is 15.4 Å². The minimum absolute atomic E-state index is 0.0213. The van der Waals surface area contributed by atoms with Crippen LogP contribution in [-0.4, -0.2) is 91.7 Å². The van der Waals surface area contributed by atoms with Crippen LogP contribution in [0.2, 0.25) is 0 Å². The third-order valence-electron chi connectivity index (χ3n) is 8.08. The number of nitrogens with one attached hydrogen (secondary N) is 2. The largest absolute Gasteiger partial charge is 0.481 e. The number of hydrazine groups is 1. The molecule has 0 saturated carbocycles. The molecule has 2 fully saturated rings. The average Bonchev–Trinajstić information content (AvgIpc) is 3.52. The number of benzene rings is 2. The van der Waals surface area contributed by atoms with Crippen molar-refractivity contribution in [1.82, 2.24) is 30.4 Å². The van der Waals surface area contributed by atoms with E-state index in [-0.39, 0.29) is 44.5 Å². The molecule has 5 rings (SSSR count). The summed E-state index contributed by atoms with van der Waals surface area (Å²) in [6, 6.07) is 12.6. The van der Waals surface area contributed by atoms with E-state index in [9.17, 15) is 47.0 Å². The first-order valence-corrected chi connectivity index (χ1v) is 15.8. The first kappa shape index (κ1) is 36.3. The van der Waals surface area contributed by atoms with Crippen molar-refractivity contribution in [2.45, 2.75) is 63.0 Å². The molecule has 2 saturated heterocycles. The van der Waals surface area contributed by atoms with Gasteiger partial charge in [-0.3, -0.25) is 29.0 Å². The Morgan fingerprint density at radius 1 is 1.00 bits per heavy atom. The summed E-state index contributed by atoms with van der Waals surface area (Å²) in [6.45, 7) is -0.961. The Kier molecular flexibility index (Phi) is 11.2. The highest BCUT2D eigenvalue weighted by atomic mass is 19.4. The van der Waals surface area contributed by atoms with Crippen LogP contribution >= 0.6 is 0 Å². The molecule has 15 nitrogen and oxygen atoms in total. The number of halogens is 3. The molecule has 3 heterocycles. The number of aliphatic carboxylic acids is 1. The van der Waals surface area contributed by atoms with Gasteiger partial charge in [0, 0.05) is 19.0 Å². The van der Waals surface area contributed by atoms with Crippen LogP contribution in [0.3, 0.4) is 0 Å². The number of carboxylic acids is 1. The van der Waals surface area contributed by atoms with E-state index in [1.54, 1.807) is 48.5 Å². The first-order chi connectivity index (χ1) is 24.3. The number of nitrogens with zero attached hydrogens (tertiary/aromatic N) is 4.